The van der Waals surface area contributed by atoms with E-state index in [9.17, 15) is 4.79 Å². The summed E-state index contributed by atoms with van der Waals surface area (Å²) in [4.78, 5) is 23.4. The molecule has 1 heterocycles. The van der Waals surface area contributed by atoms with Crippen molar-refractivity contribution in [3.63, 3.8) is 0 Å². The maximum absolute atomic E-state index is 12.4. The Morgan fingerprint density at radius 3 is 2.39 bits per heavy atom. The second kappa shape index (κ2) is 9.13. The number of hydrogen-bond donors (Lipinski definition) is 1. The molecule has 5 heteroatoms. The number of rotatable bonds is 7. The maximum Gasteiger partial charge on any atom is 0.271 e. The van der Waals surface area contributed by atoms with Gasteiger partial charge in [-0.25, -0.2) is 9.97 Å². The average molecular weight is 374 g/mol. The number of carbonyl (C=O) groups excluding carboxylic acids is 1. The molecule has 1 amide bonds. The van der Waals surface area contributed by atoms with Crippen molar-refractivity contribution in [1.29, 1.82) is 0 Å². The molecule has 0 radical (unpaired) electrons. The molecule has 2 aromatic carbocycles. The molecular formula is C23H26N4O. The lowest BCUT2D eigenvalue weighted by Gasteiger charge is -2.27. The van der Waals surface area contributed by atoms with Crippen LogP contribution in [0.3, 0.4) is 0 Å². The van der Waals surface area contributed by atoms with Gasteiger partial charge in [0.25, 0.3) is 5.91 Å². The number of nitrogens with zero attached hydrogens (tertiary/aromatic N) is 3. The van der Waals surface area contributed by atoms with Crippen LogP contribution in [0.4, 0.5) is 5.82 Å². The fourth-order valence-electron chi connectivity index (χ4n) is 2.99. The molecule has 3 rings (SSSR count). The van der Waals surface area contributed by atoms with E-state index in [2.05, 4.69) is 52.2 Å². The van der Waals surface area contributed by atoms with Crippen molar-refractivity contribution in [3.05, 3.63) is 89.4 Å². The molecule has 28 heavy (non-hydrogen) atoms. The van der Waals surface area contributed by atoms with Gasteiger partial charge in [-0.15, -0.1) is 0 Å². The van der Waals surface area contributed by atoms with Crippen LogP contribution in [-0.4, -0.2) is 21.9 Å². The van der Waals surface area contributed by atoms with Gasteiger partial charge in [0, 0.05) is 19.1 Å². The lowest BCUT2D eigenvalue weighted by Crippen LogP contribution is -2.31. The Bertz CT molecular complexity index is 907. The highest BCUT2D eigenvalue weighted by atomic mass is 16.1. The Hall–Kier alpha value is -3.21. The highest BCUT2D eigenvalue weighted by Crippen LogP contribution is 2.17. The topological polar surface area (TPSA) is 58.1 Å². The van der Waals surface area contributed by atoms with Crippen LogP contribution in [0.25, 0.3) is 0 Å². The molecule has 5 nitrogen and oxygen atoms in total. The zero-order valence-corrected chi connectivity index (χ0v) is 16.6. The van der Waals surface area contributed by atoms with E-state index < -0.39 is 0 Å². The summed E-state index contributed by atoms with van der Waals surface area (Å²) < 4.78 is 0. The summed E-state index contributed by atoms with van der Waals surface area (Å²) in [5.41, 5.74) is 3.76. The van der Waals surface area contributed by atoms with E-state index in [1.165, 1.54) is 11.1 Å². The van der Waals surface area contributed by atoms with Gasteiger partial charge in [-0.3, -0.25) is 4.79 Å². The van der Waals surface area contributed by atoms with Crippen molar-refractivity contribution in [2.75, 3.05) is 4.90 Å². The SMILES string of the molecule is Cc1cccc(CNC(=O)c2cnc(N(Cc3ccccc3)C(C)C)cn2)c1. The number of benzene rings is 2. The molecule has 1 N–H and O–H groups in total. The summed E-state index contributed by atoms with van der Waals surface area (Å²) in [5.74, 6) is 0.536. The average Bonchev–Trinajstić information content (AvgIpc) is 2.71. The monoisotopic (exact) mass is 374 g/mol. The Morgan fingerprint density at radius 2 is 1.75 bits per heavy atom. The number of nitrogens with one attached hydrogen (secondary N) is 1. The summed E-state index contributed by atoms with van der Waals surface area (Å²) in [6.45, 7) is 7.48. The van der Waals surface area contributed by atoms with Crippen molar-refractivity contribution in [3.8, 4) is 0 Å². The molecular weight excluding hydrogens is 348 g/mol. The normalized spacial score (nSPS) is 10.7. The van der Waals surface area contributed by atoms with Crippen LogP contribution in [0.1, 0.15) is 41.0 Å². The molecule has 0 fully saturated rings. The van der Waals surface area contributed by atoms with Crippen LogP contribution in [0.5, 0.6) is 0 Å². The minimum Gasteiger partial charge on any atom is -0.349 e. The Labute approximate surface area is 166 Å². The zero-order chi connectivity index (χ0) is 19.9. The maximum atomic E-state index is 12.4. The third kappa shape index (κ3) is 5.16. The Kier molecular flexibility index (Phi) is 6.37. The van der Waals surface area contributed by atoms with E-state index in [1.54, 1.807) is 12.4 Å². The number of anilines is 1. The lowest BCUT2D eigenvalue weighted by atomic mass is 10.1. The first-order valence-electron chi connectivity index (χ1n) is 9.49. The van der Waals surface area contributed by atoms with Crippen molar-refractivity contribution in [1.82, 2.24) is 15.3 Å². The van der Waals surface area contributed by atoms with Crippen LogP contribution in [-0.2, 0) is 13.1 Å². The van der Waals surface area contributed by atoms with Crippen molar-refractivity contribution >= 4 is 11.7 Å². The molecule has 3 aromatic rings. The Morgan fingerprint density at radius 1 is 1.00 bits per heavy atom. The van der Waals surface area contributed by atoms with E-state index in [-0.39, 0.29) is 11.9 Å². The number of aromatic nitrogens is 2. The molecule has 0 spiro atoms. The fourth-order valence-corrected chi connectivity index (χ4v) is 2.99. The summed E-state index contributed by atoms with van der Waals surface area (Å²) in [7, 11) is 0. The molecule has 0 bridgehead atoms. The second-order valence-corrected chi connectivity index (χ2v) is 7.14. The molecule has 1 aromatic heterocycles. The minimum absolute atomic E-state index is 0.222. The molecule has 0 aliphatic rings. The first kappa shape index (κ1) is 19.5. The van der Waals surface area contributed by atoms with Gasteiger partial charge in [0.2, 0.25) is 0 Å². The predicted molar refractivity (Wildman–Crippen MR) is 112 cm³/mol. The minimum atomic E-state index is -0.222. The third-order valence-corrected chi connectivity index (χ3v) is 4.52. The first-order valence-corrected chi connectivity index (χ1v) is 9.49. The molecule has 0 saturated heterocycles. The van der Waals surface area contributed by atoms with Crippen LogP contribution < -0.4 is 10.2 Å². The van der Waals surface area contributed by atoms with E-state index in [0.29, 0.717) is 12.2 Å². The third-order valence-electron chi connectivity index (χ3n) is 4.52. The summed E-state index contributed by atoms with van der Waals surface area (Å²) >= 11 is 0. The fraction of sp³-hybridized carbons (Fsp3) is 0.261. The summed E-state index contributed by atoms with van der Waals surface area (Å²) in [6, 6.07) is 18.6. The lowest BCUT2D eigenvalue weighted by molar-refractivity contribution is 0.0945. The van der Waals surface area contributed by atoms with Gasteiger partial charge in [0.1, 0.15) is 11.5 Å². The van der Waals surface area contributed by atoms with Crippen LogP contribution in [0.2, 0.25) is 0 Å². The standard InChI is InChI=1S/C23H26N4O/c1-17(2)27(16-19-9-5-4-6-10-19)22-15-24-21(14-25-22)23(28)26-13-20-11-7-8-18(3)12-20/h4-12,14-15,17H,13,16H2,1-3H3,(H,26,28). The highest BCUT2D eigenvalue weighted by molar-refractivity contribution is 5.91. The number of hydrogen-bond acceptors (Lipinski definition) is 4. The van der Waals surface area contributed by atoms with Crippen molar-refractivity contribution in [2.24, 2.45) is 0 Å². The summed E-state index contributed by atoms with van der Waals surface area (Å²) in [6.07, 6.45) is 3.21. The Balaban J connectivity index is 1.66. The van der Waals surface area contributed by atoms with E-state index in [4.69, 9.17) is 0 Å². The summed E-state index contributed by atoms with van der Waals surface area (Å²) in [5, 5.41) is 2.90. The van der Waals surface area contributed by atoms with E-state index >= 15 is 0 Å². The largest absolute Gasteiger partial charge is 0.349 e. The first-order chi connectivity index (χ1) is 13.5. The predicted octanol–water partition coefficient (Wildman–Crippen LogP) is 4.13. The molecule has 0 aliphatic heterocycles. The van der Waals surface area contributed by atoms with Gasteiger partial charge in [-0.1, -0.05) is 60.2 Å². The smallest absolute Gasteiger partial charge is 0.271 e. The number of carbonyl (C=O) groups is 1. The van der Waals surface area contributed by atoms with Gasteiger partial charge < -0.3 is 10.2 Å². The van der Waals surface area contributed by atoms with Crippen molar-refractivity contribution < 1.29 is 4.79 Å². The molecule has 0 aliphatic carbocycles. The molecule has 144 valence electrons. The molecule has 0 unspecified atom stereocenters. The molecule has 0 atom stereocenters. The van der Waals surface area contributed by atoms with E-state index in [0.717, 1.165) is 17.9 Å². The van der Waals surface area contributed by atoms with Crippen molar-refractivity contribution in [2.45, 2.75) is 39.9 Å². The quantitative estimate of drug-likeness (QED) is 0.676. The van der Waals surface area contributed by atoms with Gasteiger partial charge in [-0.2, -0.15) is 0 Å². The van der Waals surface area contributed by atoms with Gasteiger partial charge >= 0.3 is 0 Å². The highest BCUT2D eigenvalue weighted by Gasteiger charge is 2.15. The number of amides is 1. The zero-order valence-electron chi connectivity index (χ0n) is 16.6. The van der Waals surface area contributed by atoms with Crippen LogP contribution in [0.15, 0.2) is 67.0 Å². The van der Waals surface area contributed by atoms with Crippen LogP contribution in [0, 0.1) is 6.92 Å². The molecule has 0 saturated carbocycles. The van der Waals surface area contributed by atoms with Gasteiger partial charge in [0.15, 0.2) is 0 Å². The van der Waals surface area contributed by atoms with Crippen LogP contribution >= 0.6 is 0 Å². The van der Waals surface area contributed by atoms with Gasteiger partial charge in [0.05, 0.1) is 12.4 Å². The number of aryl methyl sites for hydroxylation is 1. The van der Waals surface area contributed by atoms with Gasteiger partial charge in [-0.05, 0) is 31.9 Å². The van der Waals surface area contributed by atoms with E-state index in [1.807, 2.05) is 43.3 Å². The second-order valence-electron chi connectivity index (χ2n) is 7.14.